The Morgan fingerprint density at radius 3 is 2.76 bits per heavy atom. The summed E-state index contributed by atoms with van der Waals surface area (Å²) < 4.78 is 34.1. The number of rotatable bonds is 4. The Labute approximate surface area is 146 Å². The molecule has 2 aromatic rings. The first-order chi connectivity index (χ1) is 11.9. The molecule has 1 N–H and O–H groups in total. The van der Waals surface area contributed by atoms with Crippen molar-refractivity contribution in [3.8, 4) is 0 Å². The van der Waals surface area contributed by atoms with Crippen molar-refractivity contribution in [1.29, 1.82) is 0 Å². The van der Waals surface area contributed by atoms with E-state index in [9.17, 15) is 13.2 Å². The fraction of sp³-hybridized carbons (Fsp3) is 0.294. The molecule has 1 aromatic carbocycles. The van der Waals surface area contributed by atoms with E-state index in [2.05, 4.69) is 9.71 Å². The van der Waals surface area contributed by atoms with Gasteiger partial charge in [-0.1, -0.05) is 6.07 Å². The number of nitrogens with zero attached hydrogens (tertiary/aromatic N) is 2. The van der Waals surface area contributed by atoms with Gasteiger partial charge < -0.3 is 14.6 Å². The molecule has 25 heavy (non-hydrogen) atoms. The van der Waals surface area contributed by atoms with Crippen molar-refractivity contribution in [2.24, 2.45) is 4.40 Å². The summed E-state index contributed by atoms with van der Waals surface area (Å²) in [6.45, 7) is 2.48. The van der Waals surface area contributed by atoms with E-state index in [0.29, 0.717) is 29.3 Å². The lowest BCUT2D eigenvalue weighted by Gasteiger charge is -2.11. The Bertz CT molecular complexity index is 931. The molecule has 0 aliphatic carbocycles. The molecule has 0 spiro atoms. The average molecular weight is 361 g/mol. The van der Waals surface area contributed by atoms with Gasteiger partial charge in [-0.25, -0.2) is 0 Å². The van der Waals surface area contributed by atoms with Crippen LogP contribution in [0.15, 0.2) is 50.3 Å². The maximum absolute atomic E-state index is 12.5. The monoisotopic (exact) mass is 361 g/mol. The molecule has 1 amide bonds. The number of anilines is 1. The third-order valence-corrected chi connectivity index (χ3v) is 5.35. The predicted molar refractivity (Wildman–Crippen MR) is 94.3 cm³/mol. The fourth-order valence-corrected chi connectivity index (χ4v) is 3.79. The van der Waals surface area contributed by atoms with Gasteiger partial charge in [-0.15, -0.1) is 4.40 Å². The summed E-state index contributed by atoms with van der Waals surface area (Å²) in [6.07, 6.45) is 2.97. The lowest BCUT2D eigenvalue weighted by Crippen LogP contribution is -2.20. The molecule has 0 saturated carbocycles. The lowest BCUT2D eigenvalue weighted by atomic mass is 10.2. The summed E-state index contributed by atoms with van der Waals surface area (Å²) in [5.41, 5.74) is 0.785. The second kappa shape index (κ2) is 6.72. The summed E-state index contributed by atoms with van der Waals surface area (Å²) >= 11 is 0. The highest BCUT2D eigenvalue weighted by atomic mass is 32.2. The summed E-state index contributed by atoms with van der Waals surface area (Å²) in [5, 5.41) is 2.68. The van der Waals surface area contributed by atoms with Crippen LogP contribution in [0.1, 0.15) is 29.0 Å². The lowest BCUT2D eigenvalue weighted by molar-refractivity contribution is 0.102. The van der Waals surface area contributed by atoms with Crippen LogP contribution in [0.4, 0.5) is 5.69 Å². The second-order valence-corrected chi connectivity index (χ2v) is 7.48. The number of hydrogen-bond acceptors (Lipinski definition) is 4. The van der Waals surface area contributed by atoms with Crippen molar-refractivity contribution < 1.29 is 17.6 Å². The maximum atomic E-state index is 12.5. The topological polar surface area (TPSA) is 92.0 Å². The van der Waals surface area contributed by atoms with Crippen molar-refractivity contribution in [2.75, 3.05) is 18.9 Å². The first kappa shape index (κ1) is 17.2. The smallest absolute Gasteiger partial charge is 0.284 e. The minimum Gasteiger partial charge on any atom is -0.469 e. The van der Waals surface area contributed by atoms with Gasteiger partial charge in [-0.05, 0) is 37.6 Å². The van der Waals surface area contributed by atoms with Crippen molar-refractivity contribution in [3.05, 3.63) is 47.9 Å². The summed E-state index contributed by atoms with van der Waals surface area (Å²) in [5.74, 6) is 0.697. The number of likely N-dealkylation sites (tertiary alicyclic amines) is 1. The zero-order chi connectivity index (χ0) is 18.0. The third kappa shape index (κ3) is 3.74. The molecule has 0 unspecified atom stereocenters. The number of hydrogen-bond donors (Lipinski definition) is 1. The van der Waals surface area contributed by atoms with Gasteiger partial charge in [0.25, 0.3) is 15.9 Å². The number of carbonyl (C=O) groups excluding carboxylic acids is 1. The Balaban J connectivity index is 1.84. The zero-order valence-electron chi connectivity index (χ0n) is 14.0. The molecule has 132 valence electrons. The number of nitrogens with one attached hydrogen (secondary N) is 1. The highest BCUT2D eigenvalue weighted by Gasteiger charge is 2.21. The Hall–Kier alpha value is -2.61. The van der Waals surface area contributed by atoms with E-state index in [1.807, 2.05) is 11.9 Å². The van der Waals surface area contributed by atoms with Gasteiger partial charge in [0, 0.05) is 25.7 Å². The van der Waals surface area contributed by atoms with E-state index in [1.165, 1.54) is 18.4 Å². The van der Waals surface area contributed by atoms with Crippen molar-refractivity contribution >= 4 is 27.5 Å². The van der Waals surface area contributed by atoms with Crippen molar-refractivity contribution in [1.82, 2.24) is 4.90 Å². The van der Waals surface area contributed by atoms with Gasteiger partial charge >= 0.3 is 0 Å². The van der Waals surface area contributed by atoms with Gasteiger partial charge in [-0.2, -0.15) is 8.42 Å². The van der Waals surface area contributed by atoms with Crippen LogP contribution in [0.3, 0.4) is 0 Å². The number of carbonyl (C=O) groups is 1. The van der Waals surface area contributed by atoms with E-state index >= 15 is 0 Å². The number of sulfonamides is 1. The SMILES string of the molecule is Cc1occc1C(=O)Nc1cccc(S(=O)(=O)/N=C2/CCCN2C)c1. The zero-order valence-corrected chi connectivity index (χ0v) is 14.8. The summed E-state index contributed by atoms with van der Waals surface area (Å²) in [7, 11) is -2.00. The van der Waals surface area contributed by atoms with Gasteiger partial charge in [0.05, 0.1) is 16.7 Å². The largest absolute Gasteiger partial charge is 0.469 e. The van der Waals surface area contributed by atoms with Gasteiger partial charge in [0.15, 0.2) is 0 Å². The average Bonchev–Trinajstić information content (AvgIpc) is 3.16. The molecule has 0 atom stereocenters. The summed E-state index contributed by atoms with van der Waals surface area (Å²) in [6, 6.07) is 7.63. The van der Waals surface area contributed by atoms with Gasteiger partial charge in [0.2, 0.25) is 0 Å². The number of amides is 1. The van der Waals surface area contributed by atoms with Crippen LogP contribution in [0, 0.1) is 6.92 Å². The van der Waals surface area contributed by atoms with Crippen LogP contribution in [-0.2, 0) is 10.0 Å². The van der Waals surface area contributed by atoms with E-state index in [4.69, 9.17) is 4.42 Å². The molecule has 7 nitrogen and oxygen atoms in total. The highest BCUT2D eigenvalue weighted by Crippen LogP contribution is 2.21. The second-order valence-electron chi connectivity index (χ2n) is 5.88. The van der Waals surface area contributed by atoms with E-state index in [1.54, 1.807) is 25.1 Å². The van der Waals surface area contributed by atoms with Gasteiger partial charge in [0.1, 0.15) is 11.6 Å². The quantitative estimate of drug-likeness (QED) is 0.904. The van der Waals surface area contributed by atoms with Crippen LogP contribution < -0.4 is 5.32 Å². The highest BCUT2D eigenvalue weighted by molar-refractivity contribution is 7.90. The molecular weight excluding hydrogens is 342 g/mol. The summed E-state index contributed by atoms with van der Waals surface area (Å²) in [4.78, 5) is 14.1. The molecular formula is C17H19N3O4S. The van der Waals surface area contributed by atoms with Crippen LogP contribution in [-0.4, -0.2) is 38.7 Å². The number of furan rings is 1. The van der Waals surface area contributed by atoms with Crippen LogP contribution in [0.25, 0.3) is 0 Å². The molecule has 1 aliphatic rings. The third-order valence-electron chi connectivity index (χ3n) is 4.05. The number of aryl methyl sites for hydroxylation is 1. The molecule has 8 heteroatoms. The Morgan fingerprint density at radius 1 is 1.32 bits per heavy atom. The molecule has 1 aliphatic heterocycles. The van der Waals surface area contributed by atoms with Crippen LogP contribution in [0.2, 0.25) is 0 Å². The maximum Gasteiger partial charge on any atom is 0.284 e. The van der Waals surface area contributed by atoms with E-state index < -0.39 is 10.0 Å². The minimum absolute atomic E-state index is 0.0435. The van der Waals surface area contributed by atoms with Gasteiger partial charge in [-0.3, -0.25) is 4.79 Å². The van der Waals surface area contributed by atoms with Crippen molar-refractivity contribution in [3.63, 3.8) is 0 Å². The first-order valence-corrected chi connectivity index (χ1v) is 9.31. The molecule has 0 radical (unpaired) electrons. The Morgan fingerprint density at radius 2 is 2.12 bits per heavy atom. The van der Waals surface area contributed by atoms with Crippen molar-refractivity contribution in [2.45, 2.75) is 24.7 Å². The molecule has 1 saturated heterocycles. The van der Waals surface area contributed by atoms with Crippen LogP contribution >= 0.6 is 0 Å². The Kier molecular flexibility index (Phi) is 4.63. The number of benzene rings is 1. The normalized spacial score (nSPS) is 16.4. The minimum atomic E-state index is -3.82. The van der Waals surface area contributed by atoms with E-state index in [0.717, 1.165) is 13.0 Å². The molecule has 1 fully saturated rings. The van der Waals surface area contributed by atoms with Crippen LogP contribution in [0.5, 0.6) is 0 Å². The number of amidine groups is 1. The molecule has 0 bridgehead atoms. The standard InChI is InChI=1S/C17H19N3O4S/c1-12-15(8-10-24-12)17(21)18-13-5-3-6-14(11-13)25(22,23)19-16-7-4-9-20(16)2/h3,5-6,8,10-11H,4,7,9H2,1-2H3,(H,18,21)/b19-16-. The van der Waals surface area contributed by atoms with E-state index in [-0.39, 0.29) is 10.8 Å². The first-order valence-electron chi connectivity index (χ1n) is 7.87. The predicted octanol–water partition coefficient (Wildman–Crippen LogP) is 2.65. The molecule has 1 aromatic heterocycles. The molecule has 3 rings (SSSR count). The molecule has 2 heterocycles. The fourth-order valence-electron chi connectivity index (χ4n) is 2.65.